The fraction of sp³-hybridized carbons (Fsp3) is 0.474. The van der Waals surface area contributed by atoms with Crippen LogP contribution < -0.4 is 0 Å². The van der Waals surface area contributed by atoms with Crippen LogP contribution >= 0.6 is 0 Å². The Hall–Kier alpha value is -4.72. The molecule has 8 heteroatoms. The van der Waals surface area contributed by atoms with Crippen LogP contribution in [0, 0.1) is 0 Å². The topological polar surface area (TPSA) is 26.3 Å². The zero-order valence-corrected chi connectivity index (χ0v) is 38.4. The smallest absolute Gasteiger partial charge is 0.380 e. The van der Waals surface area contributed by atoms with Gasteiger partial charge in [0.2, 0.25) is 0 Å². The molecule has 0 amide bonds. The van der Waals surface area contributed by atoms with Crippen LogP contribution in [0.3, 0.4) is 0 Å². The molecule has 2 nitrogen and oxygen atoms in total. The molecule has 0 unspecified atom stereocenters. The maximum absolute atomic E-state index is 16.8. The highest BCUT2D eigenvalue weighted by Crippen LogP contribution is 2.67. The molecule has 0 spiro atoms. The van der Waals surface area contributed by atoms with Crippen molar-refractivity contribution in [3.8, 4) is 22.6 Å². The molecular weight excluding hydrogens is 831 g/mol. The van der Waals surface area contributed by atoms with Crippen molar-refractivity contribution in [2.45, 2.75) is 173 Å². The highest BCUT2D eigenvalue weighted by atomic mass is 19.3. The van der Waals surface area contributed by atoms with Crippen molar-refractivity contribution in [2.75, 3.05) is 0 Å². The highest BCUT2D eigenvalue weighted by molar-refractivity contribution is 6.15. The molecule has 65 heavy (non-hydrogen) atoms. The number of rotatable bonds is 26. The first kappa shape index (κ1) is 48.2. The maximum atomic E-state index is 16.8. The Morgan fingerprint density at radius 1 is 0.369 bits per heavy atom. The lowest BCUT2D eigenvalue weighted by atomic mass is 9.89. The molecule has 0 bridgehead atoms. The van der Waals surface area contributed by atoms with Crippen LogP contribution in [0.1, 0.15) is 165 Å². The van der Waals surface area contributed by atoms with Gasteiger partial charge in [-0.05, 0) is 48.9 Å². The third-order valence-corrected chi connectivity index (χ3v) is 13.4. The van der Waals surface area contributed by atoms with Crippen LogP contribution in [0.2, 0.25) is 0 Å². The van der Waals surface area contributed by atoms with Gasteiger partial charge < -0.3 is 8.83 Å². The van der Waals surface area contributed by atoms with Crippen molar-refractivity contribution in [1.29, 1.82) is 0 Å². The monoisotopic (exact) mass is 896 g/mol. The molecule has 1 aliphatic carbocycles. The first-order chi connectivity index (χ1) is 31.5. The first-order valence-electron chi connectivity index (χ1n) is 24.6. The summed E-state index contributed by atoms with van der Waals surface area (Å²) in [5, 5.41) is 0.0617. The van der Waals surface area contributed by atoms with Gasteiger partial charge >= 0.3 is 17.8 Å². The van der Waals surface area contributed by atoms with Crippen LogP contribution in [0.15, 0.2) is 106 Å². The molecule has 2 heterocycles. The number of hydrogen-bond acceptors (Lipinski definition) is 2. The first-order valence-corrected chi connectivity index (χ1v) is 24.6. The van der Waals surface area contributed by atoms with E-state index in [-0.39, 0.29) is 33.5 Å². The van der Waals surface area contributed by atoms with E-state index in [1.807, 2.05) is 24.3 Å². The van der Waals surface area contributed by atoms with Gasteiger partial charge in [-0.3, -0.25) is 0 Å². The van der Waals surface area contributed by atoms with E-state index in [1.54, 1.807) is 48.5 Å². The number of halogens is 6. The lowest BCUT2D eigenvalue weighted by Crippen LogP contribution is -2.48. The van der Waals surface area contributed by atoms with Gasteiger partial charge in [-0.25, -0.2) is 0 Å². The molecule has 1 aliphatic rings. The lowest BCUT2D eigenvalue weighted by molar-refractivity contribution is -0.254. The molecule has 2 aromatic heterocycles. The summed E-state index contributed by atoms with van der Waals surface area (Å²) in [6.07, 6.45) is 25.8. The van der Waals surface area contributed by atoms with E-state index in [9.17, 15) is 0 Å². The lowest BCUT2D eigenvalue weighted by Gasteiger charge is -2.26. The molecule has 0 N–H and O–H groups in total. The number of fused-ring (bicyclic) bond motifs is 2. The Balaban J connectivity index is 1.19. The van der Waals surface area contributed by atoms with Gasteiger partial charge in [0, 0.05) is 44.2 Å². The van der Waals surface area contributed by atoms with E-state index in [0.717, 1.165) is 62.5 Å². The minimum Gasteiger partial charge on any atom is -0.455 e. The van der Waals surface area contributed by atoms with Crippen molar-refractivity contribution in [1.82, 2.24) is 0 Å². The molecule has 0 saturated heterocycles. The zero-order chi connectivity index (χ0) is 45.9. The zero-order valence-electron chi connectivity index (χ0n) is 38.4. The van der Waals surface area contributed by atoms with E-state index < -0.39 is 40.0 Å². The summed E-state index contributed by atoms with van der Waals surface area (Å²) in [4.78, 5) is 0. The molecule has 0 atom stereocenters. The number of hydrogen-bond donors (Lipinski definition) is 0. The molecule has 7 rings (SSSR count). The summed E-state index contributed by atoms with van der Waals surface area (Å²) in [5.41, 5.74) is -0.977. The Bertz CT molecular complexity index is 2280. The summed E-state index contributed by atoms with van der Waals surface area (Å²) in [7, 11) is 0. The third kappa shape index (κ3) is 10.6. The van der Waals surface area contributed by atoms with Gasteiger partial charge in [-0.2, -0.15) is 26.3 Å². The minimum atomic E-state index is -5.78. The Morgan fingerprint density at radius 3 is 1.02 bits per heavy atom. The van der Waals surface area contributed by atoms with Crippen molar-refractivity contribution in [3.05, 3.63) is 119 Å². The largest absolute Gasteiger partial charge is 0.455 e. The Labute approximate surface area is 381 Å². The second-order valence-corrected chi connectivity index (χ2v) is 18.3. The fourth-order valence-electron chi connectivity index (χ4n) is 9.66. The number of benzene rings is 4. The molecular formula is C57H66F6O2. The predicted molar refractivity (Wildman–Crippen MR) is 256 cm³/mol. The van der Waals surface area contributed by atoms with Crippen LogP contribution in [-0.2, 0) is 12.8 Å². The fourth-order valence-corrected chi connectivity index (χ4v) is 9.66. The predicted octanol–water partition coefficient (Wildman–Crippen LogP) is 19.3. The number of unbranched alkanes of at least 4 members (excludes halogenated alkanes) is 18. The average molecular weight is 897 g/mol. The molecule has 0 radical (unpaired) electrons. The second kappa shape index (κ2) is 22.2. The van der Waals surface area contributed by atoms with Gasteiger partial charge in [0.25, 0.3) is 0 Å². The average Bonchev–Trinajstić information content (AvgIpc) is 3.91. The summed E-state index contributed by atoms with van der Waals surface area (Å²) in [6, 6.07) is 26.6. The summed E-state index contributed by atoms with van der Waals surface area (Å²) in [6.45, 7) is 4.44. The number of para-hydroxylation sites is 2. The summed E-state index contributed by atoms with van der Waals surface area (Å²) < 4.78 is 112. The van der Waals surface area contributed by atoms with Gasteiger partial charge in [-0.1, -0.05) is 214 Å². The molecule has 4 aromatic carbocycles. The summed E-state index contributed by atoms with van der Waals surface area (Å²) >= 11 is 0. The maximum Gasteiger partial charge on any atom is 0.380 e. The van der Waals surface area contributed by atoms with E-state index in [2.05, 4.69) is 13.8 Å². The van der Waals surface area contributed by atoms with Crippen LogP contribution in [0.4, 0.5) is 26.3 Å². The standard InChI is InChI=1S/C57H66F6O2/c1-3-5-7-9-11-13-15-17-19-21-27-41-33-37-43(38-34-41)53-49(45-29-23-25-31-47(45)64-53)51-52(56(60,61)57(62,63)55(51,58)59)50-46-30-24-26-32-48(46)65-54(50)44-39-35-42(36-40-44)28-22-20-18-16-14-12-10-8-6-4-2/h23-26,29-40H,3-22,27-28H2,1-2H3. The summed E-state index contributed by atoms with van der Waals surface area (Å²) in [5.74, 6) is -16.8. The molecule has 0 saturated carbocycles. The molecule has 0 fully saturated rings. The Morgan fingerprint density at radius 2 is 0.677 bits per heavy atom. The van der Waals surface area contributed by atoms with E-state index in [4.69, 9.17) is 8.83 Å². The van der Waals surface area contributed by atoms with Crippen molar-refractivity contribution < 1.29 is 35.2 Å². The highest BCUT2D eigenvalue weighted by Gasteiger charge is 2.81. The van der Waals surface area contributed by atoms with Gasteiger partial charge in [0.1, 0.15) is 22.7 Å². The van der Waals surface area contributed by atoms with Gasteiger partial charge in [0.05, 0.1) is 0 Å². The number of alkyl halides is 6. The normalized spacial score (nSPS) is 15.5. The van der Waals surface area contributed by atoms with Crippen molar-refractivity contribution >= 4 is 33.1 Å². The molecule has 6 aromatic rings. The third-order valence-electron chi connectivity index (χ3n) is 13.4. The second-order valence-electron chi connectivity index (χ2n) is 18.3. The number of aryl methyl sites for hydroxylation is 2. The van der Waals surface area contributed by atoms with Crippen molar-refractivity contribution in [2.24, 2.45) is 0 Å². The minimum absolute atomic E-state index is 0.0308. The van der Waals surface area contributed by atoms with Crippen LogP contribution in [-0.4, -0.2) is 17.8 Å². The van der Waals surface area contributed by atoms with E-state index in [1.165, 1.54) is 114 Å². The number of furan rings is 2. The van der Waals surface area contributed by atoms with E-state index in [0.29, 0.717) is 11.1 Å². The van der Waals surface area contributed by atoms with Gasteiger partial charge in [-0.15, -0.1) is 0 Å². The Kier molecular flexibility index (Phi) is 16.5. The van der Waals surface area contributed by atoms with E-state index >= 15 is 26.3 Å². The SMILES string of the molecule is CCCCCCCCCCCCc1ccc(-c2oc3ccccc3c2C2=C(c3c(-c4ccc(CCCCCCCCCCCC)cc4)oc4ccccc34)C(F)(F)C(F)(F)C2(F)F)cc1. The molecule has 0 aliphatic heterocycles. The van der Waals surface area contributed by atoms with Crippen molar-refractivity contribution in [3.63, 3.8) is 0 Å². The van der Waals surface area contributed by atoms with Gasteiger partial charge in [0.15, 0.2) is 0 Å². The quantitative estimate of drug-likeness (QED) is 0.0401. The van der Waals surface area contributed by atoms with Crippen LogP contribution in [0.25, 0.3) is 55.7 Å². The number of allylic oxidation sites excluding steroid dienone is 2. The van der Waals surface area contributed by atoms with Crippen LogP contribution in [0.5, 0.6) is 0 Å². The molecule has 348 valence electrons.